The average molecular weight is 290 g/mol. The van der Waals surface area contributed by atoms with E-state index >= 15 is 0 Å². The lowest BCUT2D eigenvalue weighted by Gasteiger charge is -2.15. The number of fused-ring (bicyclic) bond motifs is 1. The Morgan fingerprint density at radius 3 is 2.71 bits per heavy atom. The van der Waals surface area contributed by atoms with Gasteiger partial charge in [-0.15, -0.1) is 0 Å². The molecule has 2 aromatic carbocycles. The average Bonchev–Trinajstić information content (AvgIpc) is 2.89. The van der Waals surface area contributed by atoms with Crippen LogP contribution in [0.3, 0.4) is 0 Å². The lowest BCUT2D eigenvalue weighted by atomic mass is 10.1. The third-order valence-corrected chi connectivity index (χ3v) is 3.31. The largest absolute Gasteiger partial charge is 0.457 e. The number of hydrogen-bond donors (Lipinski definition) is 1. The highest BCUT2D eigenvalue weighted by Crippen LogP contribution is 2.38. The number of benzene rings is 2. The van der Waals surface area contributed by atoms with Gasteiger partial charge < -0.3 is 19.3 Å². The molecular weight excluding hydrogens is 275 g/mol. The SMILES string of the molecule is Cc1cc(Oc2ccc3c(c2)OCO3)c([C@@H](C)O)cc1F. The van der Waals surface area contributed by atoms with Crippen molar-refractivity contribution in [1.82, 2.24) is 0 Å². The zero-order chi connectivity index (χ0) is 15.0. The summed E-state index contributed by atoms with van der Waals surface area (Å²) in [6.45, 7) is 3.40. The second-order valence-corrected chi connectivity index (χ2v) is 4.93. The number of hydrogen-bond acceptors (Lipinski definition) is 4. The third kappa shape index (κ3) is 2.64. The van der Waals surface area contributed by atoms with Crippen molar-refractivity contribution in [2.24, 2.45) is 0 Å². The van der Waals surface area contributed by atoms with E-state index in [9.17, 15) is 9.50 Å². The summed E-state index contributed by atoms with van der Waals surface area (Å²) >= 11 is 0. The van der Waals surface area contributed by atoms with Gasteiger partial charge in [0, 0.05) is 11.6 Å². The minimum Gasteiger partial charge on any atom is -0.457 e. The van der Waals surface area contributed by atoms with E-state index in [1.54, 1.807) is 38.1 Å². The van der Waals surface area contributed by atoms with Gasteiger partial charge in [0.25, 0.3) is 0 Å². The zero-order valence-electron chi connectivity index (χ0n) is 11.7. The summed E-state index contributed by atoms with van der Waals surface area (Å²) in [7, 11) is 0. The number of rotatable bonds is 3. The second-order valence-electron chi connectivity index (χ2n) is 4.93. The molecule has 3 rings (SSSR count). The number of ether oxygens (including phenoxy) is 3. The van der Waals surface area contributed by atoms with Gasteiger partial charge in [0.1, 0.15) is 17.3 Å². The van der Waals surface area contributed by atoms with Gasteiger partial charge in [0.05, 0.1) is 6.10 Å². The van der Waals surface area contributed by atoms with E-state index < -0.39 is 6.10 Å². The van der Waals surface area contributed by atoms with Crippen molar-refractivity contribution < 1.29 is 23.7 Å². The van der Waals surface area contributed by atoms with Crippen LogP contribution in [-0.2, 0) is 0 Å². The Balaban J connectivity index is 1.95. The maximum absolute atomic E-state index is 13.6. The van der Waals surface area contributed by atoms with Gasteiger partial charge in [-0.2, -0.15) is 0 Å². The maximum atomic E-state index is 13.6. The quantitative estimate of drug-likeness (QED) is 0.936. The summed E-state index contributed by atoms with van der Waals surface area (Å²) in [5, 5.41) is 9.76. The van der Waals surface area contributed by atoms with Crippen LogP contribution in [0.15, 0.2) is 30.3 Å². The summed E-state index contributed by atoms with van der Waals surface area (Å²) in [6, 6.07) is 8.05. The predicted molar refractivity (Wildman–Crippen MR) is 74.4 cm³/mol. The Morgan fingerprint density at radius 1 is 1.19 bits per heavy atom. The van der Waals surface area contributed by atoms with E-state index in [0.29, 0.717) is 34.1 Å². The van der Waals surface area contributed by atoms with Crippen molar-refractivity contribution in [3.63, 3.8) is 0 Å². The van der Waals surface area contributed by atoms with E-state index in [2.05, 4.69) is 0 Å². The number of halogens is 1. The van der Waals surface area contributed by atoms with E-state index in [1.165, 1.54) is 6.07 Å². The summed E-state index contributed by atoms with van der Waals surface area (Å²) in [4.78, 5) is 0. The standard InChI is InChI=1S/C16H15FO4/c1-9-5-15(12(10(2)18)7-13(9)17)21-11-3-4-14-16(6-11)20-8-19-14/h3-7,10,18H,8H2,1-2H3/t10-/m1/s1. The number of aliphatic hydroxyl groups is 1. The monoisotopic (exact) mass is 290 g/mol. The van der Waals surface area contributed by atoms with Crippen LogP contribution >= 0.6 is 0 Å². The van der Waals surface area contributed by atoms with Crippen LogP contribution < -0.4 is 14.2 Å². The number of aryl methyl sites for hydroxylation is 1. The fourth-order valence-corrected chi connectivity index (χ4v) is 2.15. The Bertz CT molecular complexity index is 682. The molecule has 0 saturated heterocycles. The molecular formula is C16H15FO4. The molecule has 1 atom stereocenters. The molecule has 0 saturated carbocycles. The van der Waals surface area contributed by atoms with Gasteiger partial charge >= 0.3 is 0 Å². The first-order valence-electron chi connectivity index (χ1n) is 6.60. The highest BCUT2D eigenvalue weighted by atomic mass is 19.1. The van der Waals surface area contributed by atoms with E-state index in [-0.39, 0.29) is 12.6 Å². The van der Waals surface area contributed by atoms with Gasteiger partial charge in [-0.3, -0.25) is 0 Å². The van der Waals surface area contributed by atoms with Crippen molar-refractivity contribution in [1.29, 1.82) is 0 Å². The molecule has 1 aliphatic rings. The van der Waals surface area contributed by atoms with Crippen molar-refractivity contribution in [3.8, 4) is 23.0 Å². The van der Waals surface area contributed by atoms with Crippen molar-refractivity contribution >= 4 is 0 Å². The molecule has 0 amide bonds. The van der Waals surface area contributed by atoms with Crippen molar-refractivity contribution in [2.45, 2.75) is 20.0 Å². The van der Waals surface area contributed by atoms with Gasteiger partial charge in [0.2, 0.25) is 6.79 Å². The Morgan fingerprint density at radius 2 is 1.95 bits per heavy atom. The van der Waals surface area contributed by atoms with Gasteiger partial charge in [-0.05, 0) is 43.7 Å². The molecule has 0 aliphatic carbocycles. The van der Waals surface area contributed by atoms with Crippen LogP contribution in [-0.4, -0.2) is 11.9 Å². The molecule has 0 aromatic heterocycles. The van der Waals surface area contributed by atoms with E-state index in [4.69, 9.17) is 14.2 Å². The Kier molecular flexibility index (Phi) is 3.43. The molecule has 2 aromatic rings. The molecule has 1 heterocycles. The summed E-state index contributed by atoms with van der Waals surface area (Å²) in [6.07, 6.45) is -0.830. The second kappa shape index (κ2) is 5.26. The Hall–Kier alpha value is -2.27. The number of aliphatic hydroxyl groups excluding tert-OH is 1. The smallest absolute Gasteiger partial charge is 0.231 e. The first-order valence-corrected chi connectivity index (χ1v) is 6.60. The van der Waals surface area contributed by atoms with Crippen LogP contribution in [0, 0.1) is 12.7 Å². The van der Waals surface area contributed by atoms with Crippen molar-refractivity contribution in [2.75, 3.05) is 6.79 Å². The molecule has 1 N–H and O–H groups in total. The molecule has 5 heteroatoms. The summed E-state index contributed by atoms with van der Waals surface area (Å²) in [5.74, 6) is 1.84. The highest BCUT2D eigenvalue weighted by molar-refractivity contribution is 5.49. The first kappa shape index (κ1) is 13.7. The first-order chi connectivity index (χ1) is 10.0. The van der Waals surface area contributed by atoms with Crippen LogP contribution in [0.2, 0.25) is 0 Å². The zero-order valence-corrected chi connectivity index (χ0v) is 11.7. The van der Waals surface area contributed by atoms with Crippen LogP contribution in [0.4, 0.5) is 4.39 Å². The molecule has 21 heavy (non-hydrogen) atoms. The third-order valence-electron chi connectivity index (χ3n) is 3.31. The molecule has 110 valence electrons. The predicted octanol–water partition coefficient (Wildman–Crippen LogP) is 3.71. The van der Waals surface area contributed by atoms with Gasteiger partial charge in [0.15, 0.2) is 11.5 Å². The molecule has 0 radical (unpaired) electrons. The van der Waals surface area contributed by atoms with Gasteiger partial charge in [-0.25, -0.2) is 4.39 Å². The fraction of sp³-hybridized carbons (Fsp3) is 0.250. The lowest BCUT2D eigenvalue weighted by Crippen LogP contribution is -1.99. The highest BCUT2D eigenvalue weighted by Gasteiger charge is 2.17. The van der Waals surface area contributed by atoms with Crippen molar-refractivity contribution in [3.05, 3.63) is 47.3 Å². The van der Waals surface area contributed by atoms with E-state index in [1.807, 2.05) is 0 Å². The summed E-state index contributed by atoms with van der Waals surface area (Å²) in [5.41, 5.74) is 0.853. The summed E-state index contributed by atoms with van der Waals surface area (Å²) < 4.78 is 29.9. The molecule has 4 nitrogen and oxygen atoms in total. The normalized spacial score (nSPS) is 14.1. The van der Waals surface area contributed by atoms with Crippen LogP contribution in [0.25, 0.3) is 0 Å². The van der Waals surface area contributed by atoms with E-state index in [0.717, 1.165) is 0 Å². The molecule has 0 spiro atoms. The van der Waals surface area contributed by atoms with Gasteiger partial charge in [-0.1, -0.05) is 0 Å². The molecule has 0 fully saturated rings. The topological polar surface area (TPSA) is 47.9 Å². The molecule has 0 unspecified atom stereocenters. The Labute approximate surface area is 121 Å². The fourth-order valence-electron chi connectivity index (χ4n) is 2.15. The minimum absolute atomic E-state index is 0.188. The lowest BCUT2D eigenvalue weighted by molar-refractivity contribution is 0.174. The van der Waals surface area contributed by atoms with Crippen LogP contribution in [0.5, 0.6) is 23.0 Å². The van der Waals surface area contributed by atoms with Crippen LogP contribution in [0.1, 0.15) is 24.2 Å². The minimum atomic E-state index is -0.830. The molecule has 1 aliphatic heterocycles. The molecule has 0 bridgehead atoms. The maximum Gasteiger partial charge on any atom is 0.231 e.